The van der Waals surface area contributed by atoms with Crippen LogP contribution < -0.4 is 15.1 Å². The number of halogens is 5. The molecule has 1 fully saturated rings. The molecule has 1 saturated heterocycles. The van der Waals surface area contributed by atoms with Crippen LogP contribution in [0, 0.1) is 11.6 Å². The van der Waals surface area contributed by atoms with Crippen molar-refractivity contribution in [3.05, 3.63) is 71.8 Å². The van der Waals surface area contributed by atoms with Gasteiger partial charge < -0.3 is 24.8 Å². The fourth-order valence-electron chi connectivity index (χ4n) is 5.11. The summed E-state index contributed by atoms with van der Waals surface area (Å²) in [5.74, 6) is -5.53. The van der Waals surface area contributed by atoms with Crippen LogP contribution in [-0.2, 0) is 19.4 Å². The predicted molar refractivity (Wildman–Crippen MR) is 162 cm³/mol. The molecular weight excluding hydrogens is 651 g/mol. The van der Waals surface area contributed by atoms with Gasteiger partial charge >= 0.3 is 12.1 Å². The van der Waals surface area contributed by atoms with Crippen LogP contribution in [0.1, 0.15) is 10.4 Å². The zero-order chi connectivity index (χ0) is 34.1. The number of hydrogen-bond acceptors (Lipinski definition) is 8. The van der Waals surface area contributed by atoms with Gasteiger partial charge in [0.2, 0.25) is 9.84 Å². The van der Waals surface area contributed by atoms with E-state index in [1.807, 2.05) is 11.9 Å². The second kappa shape index (κ2) is 13.2. The molecule has 250 valence electrons. The summed E-state index contributed by atoms with van der Waals surface area (Å²) in [5, 5.41) is 9.20. The maximum absolute atomic E-state index is 13.8. The zero-order valence-electron chi connectivity index (χ0n) is 25.1. The number of benzene rings is 3. The first-order chi connectivity index (χ1) is 22.2. The topological polar surface area (TPSA) is 128 Å². The highest BCUT2D eigenvalue weighted by molar-refractivity contribution is 7.91. The van der Waals surface area contributed by atoms with Gasteiger partial charge in [0.05, 0.1) is 33.2 Å². The lowest BCUT2D eigenvalue weighted by Crippen LogP contribution is -2.45. The number of aromatic amines is 1. The summed E-state index contributed by atoms with van der Waals surface area (Å²) in [6, 6.07) is 9.66. The van der Waals surface area contributed by atoms with Crippen LogP contribution in [0.15, 0.2) is 64.4 Å². The quantitative estimate of drug-likeness (QED) is 0.252. The van der Waals surface area contributed by atoms with Crippen LogP contribution in [0.3, 0.4) is 0 Å². The minimum atomic E-state index is -5.27. The van der Waals surface area contributed by atoms with E-state index in [0.717, 1.165) is 6.07 Å². The Balaban J connectivity index is 1.54. The molecule has 11 nitrogen and oxygen atoms in total. The number of sulfone groups is 1. The molecule has 3 aromatic carbocycles. The Morgan fingerprint density at radius 2 is 1.66 bits per heavy atom. The number of anilines is 3. The van der Waals surface area contributed by atoms with E-state index in [1.54, 1.807) is 6.07 Å². The maximum atomic E-state index is 13.8. The number of rotatable bonds is 9. The smallest absolute Gasteiger partial charge is 0.383 e. The molecule has 2 heterocycles. The average molecular weight is 681 g/mol. The van der Waals surface area contributed by atoms with Crippen LogP contribution in [-0.4, -0.2) is 95.0 Å². The Morgan fingerprint density at radius 1 is 0.979 bits per heavy atom. The van der Waals surface area contributed by atoms with Gasteiger partial charge in [0.15, 0.2) is 5.82 Å². The summed E-state index contributed by atoms with van der Waals surface area (Å²) >= 11 is 0. The number of piperazine rings is 1. The highest BCUT2D eigenvalue weighted by Crippen LogP contribution is 2.33. The lowest BCUT2D eigenvalue weighted by Gasteiger charge is -2.35. The summed E-state index contributed by atoms with van der Waals surface area (Å²) in [6.45, 7) is 1.70. The molecule has 0 bridgehead atoms. The van der Waals surface area contributed by atoms with E-state index in [0.29, 0.717) is 55.0 Å². The van der Waals surface area contributed by atoms with E-state index in [9.17, 15) is 40.0 Å². The first-order valence-electron chi connectivity index (χ1n) is 14.1. The number of hydrogen-bond donors (Lipinski definition) is 2. The molecule has 0 radical (unpaired) electrons. The molecule has 17 heteroatoms. The van der Waals surface area contributed by atoms with Crippen molar-refractivity contribution in [1.29, 1.82) is 0 Å². The van der Waals surface area contributed by atoms with Crippen molar-refractivity contribution in [1.82, 2.24) is 15.1 Å². The second-order valence-electron chi connectivity index (χ2n) is 10.8. The molecule has 1 aliphatic rings. The van der Waals surface area contributed by atoms with Gasteiger partial charge in [-0.2, -0.15) is 18.3 Å². The lowest BCUT2D eigenvalue weighted by atomic mass is 10.1. The zero-order valence-corrected chi connectivity index (χ0v) is 25.9. The van der Waals surface area contributed by atoms with Crippen molar-refractivity contribution in [2.45, 2.75) is 16.0 Å². The highest BCUT2D eigenvalue weighted by Gasteiger charge is 2.44. The molecule has 0 aliphatic carbocycles. The molecule has 1 aliphatic heterocycles. The van der Waals surface area contributed by atoms with E-state index in [4.69, 9.17) is 4.74 Å². The van der Waals surface area contributed by atoms with E-state index in [1.165, 1.54) is 31.4 Å². The monoisotopic (exact) mass is 680 g/mol. The van der Waals surface area contributed by atoms with Crippen LogP contribution in [0.5, 0.6) is 0 Å². The molecular formula is C30H29F5N6O5S. The number of nitrogens with zero attached hydrogens (tertiary/aromatic N) is 4. The Bertz CT molecular complexity index is 1910. The molecule has 0 spiro atoms. The van der Waals surface area contributed by atoms with Gasteiger partial charge in [0, 0.05) is 57.0 Å². The van der Waals surface area contributed by atoms with Gasteiger partial charge in [-0.05, 0) is 55.6 Å². The maximum Gasteiger partial charge on any atom is 0.471 e. The summed E-state index contributed by atoms with van der Waals surface area (Å²) in [5.41, 5.74) is 0.140. The van der Waals surface area contributed by atoms with Gasteiger partial charge in [-0.15, -0.1) is 0 Å². The Hall–Kier alpha value is -4.61. The number of amides is 2. The Kier molecular flexibility index (Phi) is 9.51. The Labute approximate surface area is 265 Å². The predicted octanol–water partition coefficient (Wildman–Crippen LogP) is 4.22. The number of nitrogens with one attached hydrogen (secondary N) is 2. The molecule has 2 amide bonds. The van der Waals surface area contributed by atoms with Crippen LogP contribution in [0.4, 0.5) is 39.1 Å². The van der Waals surface area contributed by atoms with Crippen molar-refractivity contribution in [3.63, 3.8) is 0 Å². The number of carbonyl (C=O) groups excluding carboxylic acids is 2. The van der Waals surface area contributed by atoms with E-state index >= 15 is 0 Å². The summed E-state index contributed by atoms with van der Waals surface area (Å²) in [7, 11) is -1.23. The standard InChI is InChI=1S/C30H29F5N6O5S/c1-39-7-9-40(10-8-39)20-3-5-23(26(16-20)41(11-12-46-2)29(43)30(33,34)35)28(42)36-27-24-17-21(4-6-25(24)37-38-27)47(44,45)22-14-18(31)13-19(32)15-22/h3-6,13-17H,7-12H2,1-2H3,(H2,36,37,38,42). The van der Waals surface area contributed by atoms with Crippen molar-refractivity contribution >= 4 is 49.7 Å². The summed E-state index contributed by atoms with van der Waals surface area (Å²) in [4.78, 5) is 29.8. The molecule has 47 heavy (non-hydrogen) atoms. The summed E-state index contributed by atoms with van der Waals surface area (Å²) in [6.07, 6.45) is -5.27. The van der Waals surface area contributed by atoms with Gasteiger partial charge in [0.25, 0.3) is 5.91 Å². The third kappa shape index (κ3) is 7.21. The first-order valence-corrected chi connectivity index (χ1v) is 15.6. The molecule has 0 unspecified atom stereocenters. The minimum Gasteiger partial charge on any atom is -0.383 e. The van der Waals surface area contributed by atoms with Crippen molar-refractivity contribution in [3.8, 4) is 0 Å². The molecule has 5 rings (SSSR count). The van der Waals surface area contributed by atoms with Crippen molar-refractivity contribution in [2.24, 2.45) is 0 Å². The fraction of sp³-hybridized carbons (Fsp3) is 0.300. The van der Waals surface area contributed by atoms with E-state index < -0.39 is 50.9 Å². The number of alkyl halides is 3. The number of likely N-dealkylation sites (N-methyl/N-ethyl adjacent to an activating group) is 1. The summed E-state index contributed by atoms with van der Waals surface area (Å²) < 4.78 is 100. The SMILES string of the molecule is COCCN(C(=O)C(F)(F)F)c1cc(N2CCN(C)CC2)ccc1C(=O)Nc1n[nH]c2ccc(S(=O)(=O)c3cc(F)cc(F)c3)cc12. The van der Waals surface area contributed by atoms with Crippen LogP contribution in [0.25, 0.3) is 10.9 Å². The second-order valence-corrected chi connectivity index (χ2v) is 12.7. The normalized spacial score (nSPS) is 14.4. The molecule has 0 saturated carbocycles. The lowest BCUT2D eigenvalue weighted by molar-refractivity contribution is -0.170. The number of H-pyrrole nitrogens is 1. The molecule has 0 atom stereocenters. The first kappa shape index (κ1) is 33.7. The van der Waals surface area contributed by atoms with Gasteiger partial charge in [0.1, 0.15) is 11.6 Å². The minimum absolute atomic E-state index is 0.0783. The van der Waals surface area contributed by atoms with Gasteiger partial charge in [-0.3, -0.25) is 14.7 Å². The van der Waals surface area contributed by atoms with Crippen LogP contribution >= 0.6 is 0 Å². The molecule has 2 N–H and O–H groups in total. The van der Waals surface area contributed by atoms with Crippen LogP contribution in [0.2, 0.25) is 0 Å². The van der Waals surface area contributed by atoms with Crippen molar-refractivity contribution < 1.29 is 44.7 Å². The fourth-order valence-corrected chi connectivity index (χ4v) is 6.44. The number of aromatic nitrogens is 2. The van der Waals surface area contributed by atoms with Gasteiger partial charge in [-0.1, -0.05) is 0 Å². The highest BCUT2D eigenvalue weighted by atomic mass is 32.2. The van der Waals surface area contributed by atoms with Crippen molar-refractivity contribution in [2.75, 3.05) is 68.6 Å². The van der Waals surface area contributed by atoms with E-state index in [-0.39, 0.29) is 39.5 Å². The number of fused-ring (bicyclic) bond motifs is 1. The largest absolute Gasteiger partial charge is 0.471 e. The Morgan fingerprint density at radius 3 is 2.30 bits per heavy atom. The third-order valence-corrected chi connectivity index (χ3v) is 9.35. The number of methoxy groups -OCH3 is 1. The third-order valence-electron chi connectivity index (χ3n) is 7.61. The average Bonchev–Trinajstić information content (AvgIpc) is 3.42. The molecule has 1 aromatic heterocycles. The number of carbonyl (C=O) groups is 2. The van der Waals surface area contributed by atoms with E-state index in [2.05, 4.69) is 20.4 Å². The molecule has 4 aromatic rings. The number of ether oxygens (including phenoxy) is 1. The van der Waals surface area contributed by atoms with Gasteiger partial charge in [-0.25, -0.2) is 17.2 Å².